The molecule has 9 rings (SSSR count). The first-order valence-electron chi connectivity index (χ1n) is 20.6. The Hall–Kier alpha value is -5.41. The topological polar surface area (TPSA) is 96.4 Å². The second kappa shape index (κ2) is 15.6. The zero-order valence-corrected chi connectivity index (χ0v) is 32.1. The molecule has 4 heterocycles. The predicted octanol–water partition coefficient (Wildman–Crippen LogP) is 6.88. The highest BCUT2D eigenvalue weighted by Crippen LogP contribution is 2.41. The second-order valence-corrected chi connectivity index (χ2v) is 16.3. The molecule has 4 aromatic rings. The van der Waals surface area contributed by atoms with Crippen LogP contribution in [0.25, 0.3) is 11.1 Å². The van der Waals surface area contributed by atoms with E-state index in [1.165, 1.54) is 58.3 Å². The number of imide groups is 1. The van der Waals surface area contributed by atoms with Crippen LogP contribution in [0.15, 0.2) is 91.0 Å². The molecule has 4 aromatic carbocycles. The molecule has 0 spiro atoms. The van der Waals surface area contributed by atoms with Gasteiger partial charge in [0.2, 0.25) is 11.8 Å². The van der Waals surface area contributed by atoms with Crippen molar-refractivity contribution in [3.8, 4) is 5.75 Å². The number of allylic oxidation sites excluding steroid dienone is 1. The average molecular weight is 750 g/mol. The summed E-state index contributed by atoms with van der Waals surface area (Å²) >= 11 is 0. The van der Waals surface area contributed by atoms with E-state index in [9.17, 15) is 19.5 Å². The van der Waals surface area contributed by atoms with Gasteiger partial charge in [0.1, 0.15) is 11.8 Å². The molecule has 1 unspecified atom stereocenters. The van der Waals surface area contributed by atoms with Crippen molar-refractivity contribution in [1.82, 2.24) is 15.1 Å². The van der Waals surface area contributed by atoms with E-state index in [-0.39, 0.29) is 24.1 Å². The first kappa shape index (κ1) is 36.2. The third-order valence-electron chi connectivity index (χ3n) is 12.9. The number of aromatic hydroxyl groups is 1. The van der Waals surface area contributed by atoms with Gasteiger partial charge in [-0.25, -0.2) is 0 Å². The number of hydrogen-bond donors (Lipinski definition) is 2. The number of carbonyl (C=O) groups excluding carboxylic acids is 3. The number of anilines is 2. The van der Waals surface area contributed by atoms with Crippen LogP contribution in [0.2, 0.25) is 0 Å². The molecule has 0 radical (unpaired) electrons. The lowest BCUT2D eigenvalue weighted by Crippen LogP contribution is -2.52. The van der Waals surface area contributed by atoms with Crippen molar-refractivity contribution < 1.29 is 19.5 Å². The molecule has 3 saturated heterocycles. The van der Waals surface area contributed by atoms with Crippen molar-refractivity contribution in [3.63, 3.8) is 0 Å². The van der Waals surface area contributed by atoms with E-state index < -0.39 is 6.04 Å². The maximum atomic E-state index is 13.1. The number of piperidine rings is 2. The molecule has 0 saturated carbocycles. The fourth-order valence-electron chi connectivity index (χ4n) is 9.70. The number of benzene rings is 4. The number of carbonyl (C=O) groups is 3. The molecule has 288 valence electrons. The predicted molar refractivity (Wildman–Crippen MR) is 221 cm³/mol. The summed E-state index contributed by atoms with van der Waals surface area (Å²) < 4.78 is 0. The third-order valence-corrected chi connectivity index (χ3v) is 12.9. The van der Waals surface area contributed by atoms with Gasteiger partial charge in [-0.05, 0) is 139 Å². The summed E-state index contributed by atoms with van der Waals surface area (Å²) in [6.45, 7) is 7.67. The lowest BCUT2D eigenvalue weighted by atomic mass is 9.87. The summed E-state index contributed by atoms with van der Waals surface area (Å²) in [5.74, 6) is 0.318. The molecule has 4 aliphatic heterocycles. The molecule has 1 aliphatic carbocycles. The molecule has 3 amide bonds. The van der Waals surface area contributed by atoms with Gasteiger partial charge in [0.05, 0.1) is 0 Å². The first-order chi connectivity index (χ1) is 27.4. The highest BCUT2D eigenvalue weighted by Gasteiger charge is 2.39. The first-order valence-corrected chi connectivity index (χ1v) is 20.6. The summed E-state index contributed by atoms with van der Waals surface area (Å²) in [7, 11) is 0. The van der Waals surface area contributed by atoms with Gasteiger partial charge in [-0.1, -0.05) is 48.5 Å². The maximum absolute atomic E-state index is 13.1. The monoisotopic (exact) mass is 749 g/mol. The number of hydrogen-bond acceptors (Lipinski definition) is 7. The van der Waals surface area contributed by atoms with Gasteiger partial charge < -0.3 is 19.8 Å². The molecule has 2 N–H and O–H groups in total. The molecule has 0 aromatic heterocycles. The number of phenols is 1. The van der Waals surface area contributed by atoms with Crippen LogP contribution in [0.5, 0.6) is 5.75 Å². The number of fused-ring (bicyclic) bond motifs is 2. The SMILES string of the molecule is O=C1CCC(N2Cc3cc(N4CCN(CCC5CCN(c6ccc(C7=C(c8ccccc8)CCCc8cc(O)ccc87)cc6)CC5)CC4)ccc3C2=O)C(=O)N1. The van der Waals surface area contributed by atoms with Crippen LogP contribution in [0.4, 0.5) is 11.4 Å². The molecule has 9 heteroatoms. The van der Waals surface area contributed by atoms with Crippen LogP contribution in [0.3, 0.4) is 0 Å². The lowest BCUT2D eigenvalue weighted by Gasteiger charge is -2.38. The van der Waals surface area contributed by atoms with E-state index >= 15 is 0 Å². The largest absolute Gasteiger partial charge is 0.508 e. The summed E-state index contributed by atoms with van der Waals surface area (Å²) in [6, 6.07) is 31.4. The minimum Gasteiger partial charge on any atom is -0.508 e. The van der Waals surface area contributed by atoms with Crippen LogP contribution in [-0.4, -0.2) is 84.5 Å². The van der Waals surface area contributed by atoms with E-state index in [1.807, 2.05) is 24.3 Å². The molecule has 1 atom stereocenters. The molecule has 3 fully saturated rings. The molecule has 0 bridgehead atoms. The Kier molecular flexibility index (Phi) is 10.1. The minimum absolute atomic E-state index is 0.121. The number of piperazine rings is 1. The normalized spacial score (nSPS) is 20.9. The van der Waals surface area contributed by atoms with Gasteiger partial charge in [-0.3, -0.25) is 24.6 Å². The van der Waals surface area contributed by atoms with Gasteiger partial charge in [-0.2, -0.15) is 0 Å². The van der Waals surface area contributed by atoms with E-state index in [4.69, 9.17) is 0 Å². The van der Waals surface area contributed by atoms with Crippen molar-refractivity contribution in [2.45, 2.75) is 64.0 Å². The molecule has 56 heavy (non-hydrogen) atoms. The molecule has 9 nitrogen and oxygen atoms in total. The van der Waals surface area contributed by atoms with Crippen LogP contribution >= 0.6 is 0 Å². The summed E-state index contributed by atoms with van der Waals surface area (Å²) in [4.78, 5) is 46.4. The number of aryl methyl sites for hydroxylation is 1. The average Bonchev–Trinajstić information content (AvgIpc) is 3.43. The van der Waals surface area contributed by atoms with Gasteiger partial charge in [-0.15, -0.1) is 0 Å². The van der Waals surface area contributed by atoms with Crippen LogP contribution < -0.4 is 15.1 Å². The van der Waals surface area contributed by atoms with Gasteiger partial charge in [0.25, 0.3) is 5.91 Å². The lowest BCUT2D eigenvalue weighted by molar-refractivity contribution is -0.136. The van der Waals surface area contributed by atoms with E-state index in [0.717, 1.165) is 82.2 Å². The fourth-order valence-corrected chi connectivity index (χ4v) is 9.70. The highest BCUT2D eigenvalue weighted by atomic mass is 16.3. The Bertz CT molecular complexity index is 2150. The summed E-state index contributed by atoms with van der Waals surface area (Å²) in [6.07, 6.45) is 7.33. The van der Waals surface area contributed by atoms with Crippen molar-refractivity contribution in [3.05, 3.63) is 124 Å². The Labute approximate surface area is 329 Å². The Morgan fingerprint density at radius 2 is 1.39 bits per heavy atom. The standard InChI is InChI=1S/C47H51N5O4/c53-39-14-16-41-35(30-39)7-4-8-40(33-5-2-1-3-6-33)45(41)34-9-11-37(12-10-34)50-23-20-32(21-24-50)19-22-49-25-27-51(28-26-49)38-13-15-42-36(29-38)31-52(47(42)56)43-17-18-44(54)48-46(43)55/h1-3,5-6,9-16,29-30,32,43,53H,4,7-8,17-28,31H2,(H,48,54,55). The Morgan fingerprint density at radius 1 is 0.661 bits per heavy atom. The maximum Gasteiger partial charge on any atom is 0.255 e. The summed E-state index contributed by atoms with van der Waals surface area (Å²) in [5, 5.41) is 12.7. The molecular formula is C47H51N5O4. The third kappa shape index (κ3) is 7.32. The quantitative estimate of drug-likeness (QED) is 0.190. The van der Waals surface area contributed by atoms with Crippen molar-refractivity contribution in [2.24, 2.45) is 5.92 Å². The van der Waals surface area contributed by atoms with E-state index in [0.29, 0.717) is 24.3 Å². The van der Waals surface area contributed by atoms with Crippen molar-refractivity contribution in [2.75, 3.05) is 55.6 Å². The van der Waals surface area contributed by atoms with Crippen LogP contribution in [0, 0.1) is 5.92 Å². The summed E-state index contributed by atoms with van der Waals surface area (Å²) in [5.41, 5.74) is 11.7. The van der Waals surface area contributed by atoms with Gasteiger partial charge in [0.15, 0.2) is 0 Å². The smallest absolute Gasteiger partial charge is 0.255 e. The highest BCUT2D eigenvalue weighted by molar-refractivity contribution is 6.05. The zero-order chi connectivity index (χ0) is 38.2. The number of amides is 3. The number of nitrogens with zero attached hydrogens (tertiary/aromatic N) is 4. The molecular weight excluding hydrogens is 699 g/mol. The Balaban J connectivity index is 0.773. The zero-order valence-electron chi connectivity index (χ0n) is 32.1. The van der Waals surface area contributed by atoms with Crippen LogP contribution in [-0.2, 0) is 22.6 Å². The Morgan fingerprint density at radius 3 is 2.16 bits per heavy atom. The molecule has 5 aliphatic rings. The number of nitrogens with one attached hydrogen (secondary N) is 1. The number of rotatable bonds is 8. The van der Waals surface area contributed by atoms with Gasteiger partial charge >= 0.3 is 0 Å². The minimum atomic E-state index is -0.585. The second-order valence-electron chi connectivity index (χ2n) is 16.3. The van der Waals surface area contributed by atoms with E-state index in [1.54, 1.807) is 4.90 Å². The number of phenolic OH excluding ortho intramolecular Hbond substituents is 1. The van der Waals surface area contributed by atoms with Crippen molar-refractivity contribution in [1.29, 1.82) is 0 Å². The van der Waals surface area contributed by atoms with Crippen molar-refractivity contribution >= 4 is 40.2 Å². The van der Waals surface area contributed by atoms with Gasteiger partial charge in [0, 0.05) is 69.2 Å². The fraction of sp³-hybridized carbons (Fsp3) is 0.383. The van der Waals surface area contributed by atoms with Crippen LogP contribution in [0.1, 0.15) is 83.1 Å². The van der Waals surface area contributed by atoms with E-state index in [2.05, 4.69) is 86.7 Å².